The molecule has 0 bridgehead atoms. The number of benzene rings is 2. The van der Waals surface area contributed by atoms with Crippen molar-refractivity contribution in [1.29, 1.82) is 0 Å². The first kappa shape index (κ1) is 17.9. The van der Waals surface area contributed by atoms with E-state index in [9.17, 15) is 17.6 Å². The van der Waals surface area contributed by atoms with E-state index < -0.39 is 39.9 Å². The average molecular weight is 358 g/mol. The van der Waals surface area contributed by atoms with E-state index in [2.05, 4.69) is 0 Å². The van der Waals surface area contributed by atoms with E-state index in [1.54, 1.807) is 26.2 Å². The molecule has 0 aliphatic carbocycles. The minimum Gasteiger partial charge on any atom is -0.448 e. The largest absolute Gasteiger partial charge is 0.448 e. The van der Waals surface area contributed by atoms with Crippen LogP contribution in [-0.4, -0.2) is 16.6 Å². The van der Waals surface area contributed by atoms with Crippen molar-refractivity contribution in [3.05, 3.63) is 59.7 Å². The van der Waals surface area contributed by atoms with Crippen LogP contribution >= 0.6 is 0 Å². The lowest BCUT2D eigenvalue weighted by Gasteiger charge is -2.35. The van der Waals surface area contributed by atoms with Crippen molar-refractivity contribution < 1.29 is 21.7 Å². The fraction of sp³-hybridized carbons (Fsp3) is 0.250. The van der Waals surface area contributed by atoms with Crippen molar-refractivity contribution in [1.82, 2.24) is 0 Å². The fourth-order valence-corrected chi connectivity index (χ4v) is 11.4. The molecular formula is C16H18F4OSi2. The highest BCUT2D eigenvalue weighted by Gasteiger charge is 2.41. The summed E-state index contributed by atoms with van der Waals surface area (Å²) in [6, 6.07) is 7.20. The van der Waals surface area contributed by atoms with Crippen LogP contribution in [0, 0.1) is 23.3 Å². The van der Waals surface area contributed by atoms with Gasteiger partial charge >= 0.3 is 0 Å². The Morgan fingerprint density at radius 3 is 1.13 bits per heavy atom. The third-order valence-electron chi connectivity index (χ3n) is 3.64. The van der Waals surface area contributed by atoms with Crippen LogP contribution in [0.4, 0.5) is 17.6 Å². The van der Waals surface area contributed by atoms with Gasteiger partial charge in [0.2, 0.25) is 16.6 Å². The molecule has 0 heterocycles. The molecule has 0 aliphatic heterocycles. The number of halogens is 4. The maximum Gasteiger partial charge on any atom is 0.212 e. The summed E-state index contributed by atoms with van der Waals surface area (Å²) in [5.74, 6) is -2.78. The molecule has 0 saturated carbocycles. The Morgan fingerprint density at radius 1 is 0.609 bits per heavy atom. The van der Waals surface area contributed by atoms with E-state index in [4.69, 9.17) is 4.12 Å². The Morgan fingerprint density at radius 2 is 0.870 bits per heavy atom. The Balaban J connectivity index is 2.47. The molecule has 0 fully saturated rings. The number of rotatable bonds is 4. The minimum atomic E-state index is -3.05. The second-order valence-corrected chi connectivity index (χ2v) is 14.2. The first-order chi connectivity index (χ1) is 10.6. The maximum absolute atomic E-state index is 14.1. The minimum absolute atomic E-state index is 0.114. The van der Waals surface area contributed by atoms with E-state index >= 15 is 0 Å². The van der Waals surface area contributed by atoms with E-state index in [1.165, 1.54) is 12.1 Å². The van der Waals surface area contributed by atoms with Gasteiger partial charge in [-0.25, -0.2) is 17.6 Å². The Bertz CT molecular complexity index is 630. The van der Waals surface area contributed by atoms with Gasteiger partial charge in [0.15, 0.2) is 0 Å². The highest BCUT2D eigenvalue weighted by molar-refractivity contribution is 6.97. The highest BCUT2D eigenvalue weighted by Crippen LogP contribution is 2.19. The Labute approximate surface area is 135 Å². The van der Waals surface area contributed by atoms with Crippen LogP contribution in [-0.2, 0) is 4.12 Å². The zero-order chi connectivity index (χ0) is 17.4. The van der Waals surface area contributed by atoms with Crippen molar-refractivity contribution in [2.75, 3.05) is 0 Å². The summed E-state index contributed by atoms with van der Waals surface area (Å²) in [6.45, 7) is 6.51. The molecule has 0 atom stereocenters. The van der Waals surface area contributed by atoms with Crippen molar-refractivity contribution in [3.63, 3.8) is 0 Å². The van der Waals surface area contributed by atoms with Gasteiger partial charge in [0.1, 0.15) is 23.3 Å². The van der Waals surface area contributed by atoms with E-state index in [0.717, 1.165) is 24.3 Å². The van der Waals surface area contributed by atoms with Crippen LogP contribution in [0.1, 0.15) is 0 Å². The molecule has 2 aromatic carbocycles. The zero-order valence-corrected chi connectivity index (χ0v) is 15.4. The second kappa shape index (κ2) is 6.22. The van der Waals surface area contributed by atoms with Gasteiger partial charge in [-0.3, -0.25) is 0 Å². The normalized spacial score (nSPS) is 12.5. The Hall–Kier alpha value is -1.45. The number of hydrogen-bond donors (Lipinski definition) is 0. The second-order valence-electron chi connectivity index (χ2n) is 6.32. The molecule has 0 aromatic heterocycles. The van der Waals surface area contributed by atoms with Crippen molar-refractivity contribution in [2.45, 2.75) is 26.2 Å². The van der Waals surface area contributed by atoms with Crippen LogP contribution < -0.4 is 10.4 Å². The van der Waals surface area contributed by atoms with E-state index in [1.807, 2.05) is 0 Å². The molecule has 0 saturated heterocycles. The highest BCUT2D eigenvalue weighted by atomic mass is 28.4. The van der Waals surface area contributed by atoms with Gasteiger partial charge < -0.3 is 4.12 Å². The summed E-state index contributed by atoms with van der Waals surface area (Å²) in [5.41, 5.74) is 0. The Kier molecular flexibility index (Phi) is 4.84. The topological polar surface area (TPSA) is 9.23 Å². The SMILES string of the molecule is C[Si](C)(O[Si](C)(C)c1c(F)cccc1F)c1c(F)cccc1F. The predicted octanol–water partition coefficient (Wildman–Crippen LogP) is 3.78. The van der Waals surface area contributed by atoms with Gasteiger partial charge in [0.25, 0.3) is 0 Å². The molecule has 0 unspecified atom stereocenters. The molecule has 2 aromatic rings. The summed E-state index contributed by atoms with van der Waals surface area (Å²) in [7, 11) is -6.11. The zero-order valence-electron chi connectivity index (χ0n) is 13.4. The number of hydrogen-bond acceptors (Lipinski definition) is 1. The van der Waals surface area contributed by atoms with Gasteiger partial charge in [-0.05, 0) is 50.5 Å². The first-order valence-electron chi connectivity index (χ1n) is 7.15. The average Bonchev–Trinajstić information content (AvgIpc) is 2.35. The maximum atomic E-state index is 14.1. The molecule has 0 N–H and O–H groups in total. The summed E-state index contributed by atoms with van der Waals surface area (Å²) in [5, 5.41) is -0.227. The third-order valence-corrected chi connectivity index (χ3v) is 11.1. The molecule has 23 heavy (non-hydrogen) atoms. The fourth-order valence-electron chi connectivity index (χ4n) is 2.89. The van der Waals surface area contributed by atoms with Crippen LogP contribution in [0.25, 0.3) is 0 Å². The molecule has 0 aliphatic rings. The van der Waals surface area contributed by atoms with Crippen LogP contribution in [0.2, 0.25) is 26.2 Å². The lowest BCUT2D eigenvalue weighted by atomic mass is 10.3. The molecule has 0 amide bonds. The lowest BCUT2D eigenvalue weighted by molar-refractivity contribution is 0.539. The standard InChI is InChI=1S/C16H18F4OSi2/c1-22(2,15-11(17)7-5-8-12(15)18)21-23(3,4)16-13(19)9-6-10-14(16)20/h5-10H,1-4H3. The van der Waals surface area contributed by atoms with E-state index in [-0.39, 0.29) is 10.4 Å². The van der Waals surface area contributed by atoms with Gasteiger partial charge in [0.05, 0.1) is 0 Å². The van der Waals surface area contributed by atoms with Crippen molar-refractivity contribution in [2.24, 2.45) is 0 Å². The smallest absolute Gasteiger partial charge is 0.212 e. The van der Waals surface area contributed by atoms with Gasteiger partial charge in [-0.15, -0.1) is 0 Å². The summed E-state index contributed by atoms with van der Waals surface area (Å²) in [6.07, 6.45) is 0. The van der Waals surface area contributed by atoms with Crippen molar-refractivity contribution in [3.8, 4) is 0 Å². The van der Waals surface area contributed by atoms with Crippen LogP contribution in [0.3, 0.4) is 0 Å². The van der Waals surface area contributed by atoms with Gasteiger partial charge in [0, 0.05) is 10.4 Å². The molecule has 7 heteroatoms. The monoisotopic (exact) mass is 358 g/mol. The molecule has 124 valence electrons. The summed E-state index contributed by atoms with van der Waals surface area (Å²) >= 11 is 0. The summed E-state index contributed by atoms with van der Waals surface area (Å²) < 4.78 is 62.3. The molecular weight excluding hydrogens is 340 g/mol. The lowest BCUT2D eigenvalue weighted by Crippen LogP contribution is -2.60. The summed E-state index contributed by atoms with van der Waals surface area (Å²) in [4.78, 5) is 0. The molecule has 1 nitrogen and oxygen atoms in total. The third kappa shape index (κ3) is 3.56. The van der Waals surface area contributed by atoms with Crippen LogP contribution in [0.15, 0.2) is 36.4 Å². The predicted molar refractivity (Wildman–Crippen MR) is 88.0 cm³/mol. The van der Waals surface area contributed by atoms with E-state index in [0.29, 0.717) is 0 Å². The molecule has 0 spiro atoms. The quantitative estimate of drug-likeness (QED) is 0.597. The molecule has 0 radical (unpaired) electrons. The van der Waals surface area contributed by atoms with Crippen molar-refractivity contribution >= 4 is 27.0 Å². The first-order valence-corrected chi connectivity index (χ1v) is 13.0. The van der Waals surface area contributed by atoms with Crippen LogP contribution in [0.5, 0.6) is 0 Å². The van der Waals surface area contributed by atoms with Gasteiger partial charge in [-0.1, -0.05) is 12.1 Å². The molecule has 2 rings (SSSR count). The van der Waals surface area contributed by atoms with Gasteiger partial charge in [-0.2, -0.15) is 0 Å².